The van der Waals surface area contributed by atoms with Gasteiger partial charge in [0, 0.05) is 0 Å². The molecule has 0 saturated heterocycles. The van der Waals surface area contributed by atoms with Crippen LogP contribution in [0.1, 0.15) is 13.3 Å². The van der Waals surface area contributed by atoms with Gasteiger partial charge in [-0.2, -0.15) is 0 Å². The van der Waals surface area contributed by atoms with Crippen LogP contribution in [0.2, 0.25) is 16.6 Å². The predicted octanol–water partition coefficient (Wildman–Crippen LogP) is 1.28. The minimum absolute atomic E-state index is 0.122. The van der Waals surface area contributed by atoms with Crippen LogP contribution < -0.4 is 0 Å². The van der Waals surface area contributed by atoms with Gasteiger partial charge < -0.3 is 0 Å². The third kappa shape index (κ3) is 7.16. The SMILES string of the molecule is CCN=C=NC(CC[AsH]C)[AsH]C. The molecule has 0 spiro atoms. The maximum atomic E-state index is 4.33. The fourth-order valence-corrected chi connectivity index (χ4v) is 4.49. The Morgan fingerprint density at radius 3 is 2.67 bits per heavy atom. The summed E-state index contributed by atoms with van der Waals surface area (Å²) < 4.78 is 0. The molecule has 2 nitrogen and oxygen atoms in total. The molecule has 0 heterocycles. The zero-order valence-corrected chi connectivity index (χ0v) is 12.3. The Hall–Kier alpha value is 0.497. The fourth-order valence-electron chi connectivity index (χ4n) is 0.736. The third-order valence-electron chi connectivity index (χ3n) is 1.44. The van der Waals surface area contributed by atoms with E-state index in [0.717, 1.165) is 6.54 Å². The predicted molar refractivity (Wildman–Crippen MR) is 59.6 cm³/mol. The van der Waals surface area contributed by atoms with Gasteiger partial charge in [-0.1, -0.05) is 0 Å². The van der Waals surface area contributed by atoms with Crippen molar-refractivity contribution < 1.29 is 0 Å². The Morgan fingerprint density at radius 2 is 2.17 bits per heavy atom. The monoisotopic (exact) mass is 292 g/mol. The zero-order chi connectivity index (χ0) is 9.23. The molecule has 3 atom stereocenters. The Bertz CT molecular complexity index is 153. The van der Waals surface area contributed by atoms with Gasteiger partial charge in [0.1, 0.15) is 0 Å². The molecule has 0 N–H and O–H groups in total. The molecule has 12 heavy (non-hydrogen) atoms. The van der Waals surface area contributed by atoms with E-state index in [2.05, 4.69) is 27.4 Å². The number of hydrogen-bond donors (Lipinski definition) is 0. The van der Waals surface area contributed by atoms with E-state index in [0.29, 0.717) is 20.6 Å². The molecule has 4 heteroatoms. The average molecular weight is 292 g/mol. The van der Waals surface area contributed by atoms with Crippen LogP contribution in [0.25, 0.3) is 0 Å². The second-order valence-corrected chi connectivity index (χ2v) is 7.54. The van der Waals surface area contributed by atoms with Gasteiger partial charge >= 0.3 is 88.8 Å². The summed E-state index contributed by atoms with van der Waals surface area (Å²) in [4.78, 5) is 8.91. The topological polar surface area (TPSA) is 24.7 Å². The van der Waals surface area contributed by atoms with E-state index in [-0.39, 0.29) is 15.8 Å². The summed E-state index contributed by atoms with van der Waals surface area (Å²) in [6, 6.07) is 2.79. The summed E-state index contributed by atoms with van der Waals surface area (Å²) in [5.74, 6) is 0. The zero-order valence-electron chi connectivity index (χ0n) is 8.09. The van der Waals surface area contributed by atoms with E-state index in [4.69, 9.17) is 0 Å². The molecule has 0 rings (SSSR count). The molecule has 0 aliphatic heterocycles. The van der Waals surface area contributed by atoms with Crippen molar-refractivity contribution in [3.63, 3.8) is 0 Å². The van der Waals surface area contributed by atoms with Crippen LogP contribution in [0, 0.1) is 0 Å². The third-order valence-corrected chi connectivity index (χ3v) is 5.37. The van der Waals surface area contributed by atoms with Crippen LogP contribution in [-0.4, -0.2) is 48.9 Å². The van der Waals surface area contributed by atoms with Gasteiger partial charge in [-0.15, -0.1) is 0 Å². The van der Waals surface area contributed by atoms with Crippen molar-refractivity contribution >= 4 is 37.5 Å². The quantitative estimate of drug-likeness (QED) is 0.520. The average Bonchev–Trinajstić information content (AvgIpc) is 2.11. The molecule has 0 saturated carbocycles. The first kappa shape index (κ1) is 12.5. The van der Waals surface area contributed by atoms with E-state index >= 15 is 0 Å². The van der Waals surface area contributed by atoms with Crippen LogP contribution in [0.3, 0.4) is 0 Å². The first-order valence-electron chi connectivity index (χ1n) is 4.28. The van der Waals surface area contributed by atoms with Crippen molar-refractivity contribution in [3.8, 4) is 0 Å². The molecule has 0 aliphatic rings. The van der Waals surface area contributed by atoms with Crippen LogP contribution in [-0.2, 0) is 0 Å². The molecule has 0 amide bonds. The molecule has 70 valence electrons. The van der Waals surface area contributed by atoms with E-state index < -0.39 is 0 Å². The van der Waals surface area contributed by atoms with Crippen molar-refractivity contribution in [2.75, 3.05) is 6.54 Å². The molecule has 0 fully saturated rings. The van der Waals surface area contributed by atoms with E-state index in [9.17, 15) is 0 Å². The maximum absolute atomic E-state index is 4.33. The summed E-state index contributed by atoms with van der Waals surface area (Å²) in [6.45, 7) is 2.82. The van der Waals surface area contributed by atoms with Crippen LogP contribution in [0.5, 0.6) is 0 Å². The number of nitrogens with zero attached hydrogens (tertiary/aromatic N) is 2. The number of hydrogen-bond acceptors (Lipinski definition) is 2. The first-order chi connectivity index (χ1) is 5.85. The summed E-state index contributed by atoms with van der Waals surface area (Å²) >= 11 is 0.460. The molecule has 0 radical (unpaired) electrons. The van der Waals surface area contributed by atoms with Crippen molar-refractivity contribution in [2.24, 2.45) is 9.98 Å². The van der Waals surface area contributed by atoms with Crippen molar-refractivity contribution in [1.82, 2.24) is 0 Å². The van der Waals surface area contributed by atoms with Gasteiger partial charge in [0.05, 0.1) is 0 Å². The van der Waals surface area contributed by atoms with Crippen molar-refractivity contribution in [3.05, 3.63) is 0 Å². The van der Waals surface area contributed by atoms with Gasteiger partial charge in [-0.05, 0) is 0 Å². The Labute approximate surface area is 88.7 Å². The van der Waals surface area contributed by atoms with Crippen molar-refractivity contribution in [1.29, 1.82) is 0 Å². The molecule has 0 aromatic carbocycles. The van der Waals surface area contributed by atoms with Gasteiger partial charge in [0.2, 0.25) is 0 Å². The molecular formula is C8H18As2N2. The number of aliphatic imine (C=N–C) groups is 2. The molecule has 0 bridgehead atoms. The normalized spacial score (nSPS) is 13.9. The second-order valence-electron chi connectivity index (χ2n) is 2.40. The standard InChI is InChI=1S/C8H18As2N2/c1-4-11-7-12-8(10-3)5-6-9-2/h8-10H,4-6H2,1-3H3. The fraction of sp³-hybridized carbons (Fsp3) is 0.875. The van der Waals surface area contributed by atoms with E-state index in [1.807, 2.05) is 6.92 Å². The van der Waals surface area contributed by atoms with Gasteiger partial charge in [0.15, 0.2) is 0 Å². The second kappa shape index (κ2) is 9.58. The van der Waals surface area contributed by atoms with E-state index in [1.165, 1.54) is 11.6 Å². The summed E-state index contributed by atoms with van der Waals surface area (Å²) in [5.41, 5.74) is 4.65. The van der Waals surface area contributed by atoms with Crippen molar-refractivity contribution in [2.45, 2.75) is 34.8 Å². The van der Waals surface area contributed by atoms with E-state index in [1.54, 1.807) is 0 Å². The van der Waals surface area contributed by atoms with Gasteiger partial charge in [0.25, 0.3) is 0 Å². The number of rotatable bonds is 6. The molecule has 0 aliphatic carbocycles. The van der Waals surface area contributed by atoms with Gasteiger partial charge in [-0.25, -0.2) is 0 Å². The van der Waals surface area contributed by atoms with Crippen LogP contribution in [0.4, 0.5) is 0 Å². The summed E-state index contributed by atoms with van der Waals surface area (Å²) in [5, 5.41) is 1.42. The Morgan fingerprint density at radius 1 is 1.42 bits per heavy atom. The van der Waals surface area contributed by atoms with Gasteiger partial charge in [-0.3, -0.25) is 0 Å². The summed E-state index contributed by atoms with van der Waals surface area (Å²) in [6.07, 6.45) is 1.29. The minimum atomic E-state index is 0.122. The molecular weight excluding hydrogens is 274 g/mol. The van der Waals surface area contributed by atoms with Crippen LogP contribution in [0.15, 0.2) is 9.98 Å². The van der Waals surface area contributed by atoms with Crippen LogP contribution >= 0.6 is 0 Å². The summed E-state index contributed by atoms with van der Waals surface area (Å²) in [7, 11) is 0. The molecule has 0 aromatic rings. The molecule has 3 unspecified atom stereocenters. The Balaban J connectivity index is 3.73. The first-order valence-corrected chi connectivity index (χ1v) is 11.2. The Kier molecular flexibility index (Phi) is 9.98. The molecule has 0 aromatic heterocycles.